The maximum absolute atomic E-state index is 11.7. The minimum Gasteiger partial charge on any atom is -0.427 e. The molecule has 0 radical (unpaired) electrons. The molecule has 0 saturated heterocycles. The van der Waals surface area contributed by atoms with Gasteiger partial charge in [-0.2, -0.15) is 4.98 Å². The molecule has 0 atom stereocenters. The Bertz CT molecular complexity index is 649. The summed E-state index contributed by atoms with van der Waals surface area (Å²) < 4.78 is 10.2. The van der Waals surface area contributed by atoms with Crippen LogP contribution in [0.25, 0.3) is 0 Å². The van der Waals surface area contributed by atoms with E-state index in [1.165, 1.54) is 6.92 Å². The first kappa shape index (κ1) is 15.7. The first-order chi connectivity index (χ1) is 10.5. The van der Waals surface area contributed by atoms with Crippen LogP contribution in [0.2, 0.25) is 0 Å². The van der Waals surface area contributed by atoms with Gasteiger partial charge in [0.05, 0.1) is 0 Å². The van der Waals surface area contributed by atoms with E-state index in [1.54, 1.807) is 31.2 Å². The quantitative estimate of drug-likeness (QED) is 0.650. The third-order valence-corrected chi connectivity index (χ3v) is 2.75. The van der Waals surface area contributed by atoms with Crippen molar-refractivity contribution in [3.8, 4) is 5.75 Å². The molecule has 1 heterocycles. The molecule has 22 heavy (non-hydrogen) atoms. The number of esters is 1. The summed E-state index contributed by atoms with van der Waals surface area (Å²) in [6.07, 6.45) is 1.37. The van der Waals surface area contributed by atoms with E-state index in [-0.39, 0.29) is 18.3 Å². The van der Waals surface area contributed by atoms with Gasteiger partial charge in [-0.05, 0) is 37.6 Å². The van der Waals surface area contributed by atoms with Crippen molar-refractivity contribution in [3.63, 3.8) is 0 Å². The lowest BCUT2D eigenvalue weighted by Crippen LogP contribution is -2.09. The summed E-state index contributed by atoms with van der Waals surface area (Å²) in [5.41, 5.74) is 0.652. The highest BCUT2D eigenvalue weighted by molar-refractivity contribution is 5.88. The number of benzene rings is 1. The maximum Gasteiger partial charge on any atom is 0.311 e. The summed E-state index contributed by atoms with van der Waals surface area (Å²) in [5.74, 6) is 1.05. The third-order valence-electron chi connectivity index (χ3n) is 2.75. The van der Waals surface area contributed by atoms with E-state index in [2.05, 4.69) is 15.5 Å². The molecule has 0 aliphatic carbocycles. The molecule has 7 nitrogen and oxygen atoms in total. The lowest BCUT2D eigenvalue weighted by molar-refractivity contribution is -0.134. The minimum atomic E-state index is -0.330. The van der Waals surface area contributed by atoms with Crippen LogP contribution < -0.4 is 10.1 Å². The number of hydrogen-bond donors (Lipinski definition) is 1. The minimum absolute atomic E-state index is 0.152. The van der Waals surface area contributed by atoms with Crippen LogP contribution in [-0.4, -0.2) is 22.0 Å². The molecule has 0 bridgehead atoms. The van der Waals surface area contributed by atoms with Crippen LogP contribution in [0.5, 0.6) is 5.75 Å². The van der Waals surface area contributed by atoms with Crippen molar-refractivity contribution in [2.75, 3.05) is 5.32 Å². The van der Waals surface area contributed by atoms with Crippen LogP contribution in [-0.2, 0) is 16.0 Å². The number of rotatable bonds is 6. The molecule has 116 valence electrons. The Hall–Kier alpha value is -2.70. The van der Waals surface area contributed by atoms with Gasteiger partial charge in [-0.25, -0.2) is 0 Å². The number of amides is 1. The summed E-state index contributed by atoms with van der Waals surface area (Å²) in [6.45, 7) is 3.17. The second-order valence-electron chi connectivity index (χ2n) is 4.77. The largest absolute Gasteiger partial charge is 0.427 e. The molecule has 1 amide bonds. The van der Waals surface area contributed by atoms with E-state index in [1.807, 2.05) is 0 Å². The van der Waals surface area contributed by atoms with Crippen molar-refractivity contribution in [2.45, 2.75) is 33.1 Å². The van der Waals surface area contributed by atoms with Crippen LogP contribution in [0, 0.1) is 6.92 Å². The van der Waals surface area contributed by atoms with Gasteiger partial charge in [0.15, 0.2) is 5.82 Å². The SMILES string of the molecule is CC(=O)Nc1ccc(OC(=O)CCCc2nc(C)no2)cc1. The van der Waals surface area contributed by atoms with E-state index in [9.17, 15) is 9.59 Å². The summed E-state index contributed by atoms with van der Waals surface area (Å²) in [4.78, 5) is 26.7. The van der Waals surface area contributed by atoms with E-state index in [4.69, 9.17) is 9.26 Å². The number of ether oxygens (including phenoxy) is 1. The Balaban J connectivity index is 1.75. The van der Waals surface area contributed by atoms with Gasteiger partial charge in [0, 0.05) is 25.5 Å². The number of hydrogen-bond acceptors (Lipinski definition) is 6. The molecule has 2 rings (SSSR count). The molecule has 7 heteroatoms. The monoisotopic (exact) mass is 303 g/mol. The van der Waals surface area contributed by atoms with E-state index in [0.29, 0.717) is 36.0 Å². The molecule has 1 aromatic heterocycles. The molecular formula is C15H17N3O4. The predicted octanol–water partition coefficient (Wildman–Crippen LogP) is 2.26. The van der Waals surface area contributed by atoms with Gasteiger partial charge in [-0.3, -0.25) is 9.59 Å². The van der Waals surface area contributed by atoms with Crippen molar-refractivity contribution < 1.29 is 18.8 Å². The van der Waals surface area contributed by atoms with Crippen molar-refractivity contribution in [2.24, 2.45) is 0 Å². The average molecular weight is 303 g/mol. The van der Waals surface area contributed by atoms with E-state index in [0.717, 1.165) is 0 Å². The van der Waals surface area contributed by atoms with Crippen molar-refractivity contribution in [1.29, 1.82) is 0 Å². The van der Waals surface area contributed by atoms with Gasteiger partial charge in [-0.15, -0.1) is 0 Å². The van der Waals surface area contributed by atoms with Gasteiger partial charge < -0.3 is 14.6 Å². The number of anilines is 1. The van der Waals surface area contributed by atoms with Crippen LogP contribution in [0.15, 0.2) is 28.8 Å². The highest BCUT2D eigenvalue weighted by Crippen LogP contribution is 2.16. The van der Waals surface area contributed by atoms with Gasteiger partial charge in [0.1, 0.15) is 5.75 Å². The molecule has 0 fully saturated rings. The molecule has 0 aliphatic rings. The standard InChI is InChI=1S/C15H17N3O4/c1-10-16-14(22-18-10)4-3-5-15(20)21-13-8-6-12(7-9-13)17-11(2)19/h6-9H,3-5H2,1-2H3,(H,17,19). The lowest BCUT2D eigenvalue weighted by atomic mass is 10.2. The number of aryl methyl sites for hydroxylation is 2. The fourth-order valence-electron chi connectivity index (χ4n) is 1.82. The first-order valence-electron chi connectivity index (χ1n) is 6.90. The van der Waals surface area contributed by atoms with Gasteiger partial charge in [0.25, 0.3) is 0 Å². The Morgan fingerprint density at radius 3 is 2.59 bits per heavy atom. The normalized spacial score (nSPS) is 10.3. The Kier molecular flexibility index (Phi) is 5.24. The van der Waals surface area contributed by atoms with E-state index >= 15 is 0 Å². The van der Waals surface area contributed by atoms with Crippen molar-refractivity contribution in [1.82, 2.24) is 10.1 Å². The van der Waals surface area contributed by atoms with Crippen molar-refractivity contribution >= 4 is 17.6 Å². The van der Waals surface area contributed by atoms with E-state index < -0.39 is 0 Å². The predicted molar refractivity (Wildman–Crippen MR) is 78.4 cm³/mol. The first-order valence-corrected chi connectivity index (χ1v) is 6.90. The van der Waals surface area contributed by atoms with Crippen LogP contribution >= 0.6 is 0 Å². The fraction of sp³-hybridized carbons (Fsp3) is 0.333. The molecule has 2 aromatic rings. The Labute approximate surface area is 127 Å². The number of carbonyl (C=O) groups is 2. The Morgan fingerprint density at radius 2 is 2.00 bits per heavy atom. The van der Waals surface area contributed by atoms with Gasteiger partial charge >= 0.3 is 5.97 Å². The summed E-state index contributed by atoms with van der Waals surface area (Å²) in [6, 6.07) is 6.60. The fourth-order valence-corrected chi connectivity index (χ4v) is 1.82. The molecule has 0 saturated carbocycles. The summed E-state index contributed by atoms with van der Waals surface area (Å²) in [7, 11) is 0. The average Bonchev–Trinajstić information content (AvgIpc) is 2.86. The number of nitrogens with one attached hydrogen (secondary N) is 1. The Morgan fingerprint density at radius 1 is 1.27 bits per heavy atom. The third kappa shape index (κ3) is 5.01. The number of aromatic nitrogens is 2. The number of nitrogens with zero attached hydrogens (tertiary/aromatic N) is 2. The highest BCUT2D eigenvalue weighted by Gasteiger charge is 2.08. The zero-order chi connectivity index (χ0) is 15.9. The molecular weight excluding hydrogens is 286 g/mol. The molecule has 1 N–H and O–H groups in total. The van der Waals surface area contributed by atoms with Gasteiger partial charge in [-0.1, -0.05) is 5.16 Å². The zero-order valence-corrected chi connectivity index (χ0v) is 12.5. The topological polar surface area (TPSA) is 94.3 Å². The summed E-state index contributed by atoms with van der Waals surface area (Å²) in [5, 5.41) is 6.32. The summed E-state index contributed by atoms with van der Waals surface area (Å²) >= 11 is 0. The second kappa shape index (κ2) is 7.35. The second-order valence-corrected chi connectivity index (χ2v) is 4.77. The molecule has 0 unspecified atom stereocenters. The van der Waals surface area contributed by atoms with Gasteiger partial charge in [0.2, 0.25) is 11.8 Å². The number of carbonyl (C=O) groups excluding carboxylic acids is 2. The zero-order valence-electron chi connectivity index (χ0n) is 12.5. The molecule has 0 spiro atoms. The molecule has 0 aliphatic heterocycles. The smallest absolute Gasteiger partial charge is 0.311 e. The van der Waals surface area contributed by atoms with Crippen LogP contribution in [0.4, 0.5) is 5.69 Å². The lowest BCUT2D eigenvalue weighted by Gasteiger charge is -2.05. The van der Waals surface area contributed by atoms with Crippen LogP contribution in [0.1, 0.15) is 31.5 Å². The highest BCUT2D eigenvalue weighted by atomic mass is 16.5. The van der Waals surface area contributed by atoms with Crippen molar-refractivity contribution in [3.05, 3.63) is 36.0 Å². The van der Waals surface area contributed by atoms with Crippen LogP contribution in [0.3, 0.4) is 0 Å². The maximum atomic E-state index is 11.7. The molecule has 1 aromatic carbocycles.